The molecule has 8 heteroatoms. The Bertz CT molecular complexity index is 752. The van der Waals surface area contributed by atoms with Gasteiger partial charge in [-0.05, 0) is 38.8 Å². The molecule has 2 aliphatic heterocycles. The smallest absolute Gasteiger partial charge is 0.261 e. The molecule has 2 aliphatic rings. The molecule has 3 rings (SSSR count). The molecule has 2 amide bonds. The molecule has 30 heavy (non-hydrogen) atoms. The van der Waals surface area contributed by atoms with Crippen LogP contribution >= 0.6 is 0 Å². The summed E-state index contributed by atoms with van der Waals surface area (Å²) in [5.41, 5.74) is 1.02. The number of guanidine groups is 1. The zero-order valence-corrected chi connectivity index (χ0v) is 18.2. The van der Waals surface area contributed by atoms with Gasteiger partial charge in [-0.1, -0.05) is 12.1 Å². The van der Waals surface area contributed by atoms with Crippen LogP contribution in [0.15, 0.2) is 29.3 Å². The van der Waals surface area contributed by atoms with Crippen molar-refractivity contribution in [2.45, 2.75) is 32.2 Å². The first-order chi connectivity index (χ1) is 14.4. The first-order valence-electron chi connectivity index (χ1n) is 10.7. The fourth-order valence-corrected chi connectivity index (χ4v) is 3.85. The van der Waals surface area contributed by atoms with Gasteiger partial charge in [0.15, 0.2) is 5.96 Å². The van der Waals surface area contributed by atoms with Gasteiger partial charge < -0.3 is 15.4 Å². The Hall–Kier alpha value is -2.45. The summed E-state index contributed by atoms with van der Waals surface area (Å²) in [7, 11) is 1.76. The van der Waals surface area contributed by atoms with Crippen LogP contribution in [0.1, 0.15) is 47.4 Å². The van der Waals surface area contributed by atoms with E-state index in [0.29, 0.717) is 17.7 Å². The zero-order valence-electron chi connectivity index (χ0n) is 18.2. The summed E-state index contributed by atoms with van der Waals surface area (Å²) >= 11 is 0. The molecule has 0 saturated carbocycles. The molecule has 1 aromatic carbocycles. The number of carbonyl (C=O) groups is 2. The van der Waals surface area contributed by atoms with Gasteiger partial charge in [-0.2, -0.15) is 0 Å². The summed E-state index contributed by atoms with van der Waals surface area (Å²) in [6, 6.07) is 7.00. The third-order valence-electron chi connectivity index (χ3n) is 5.76. The second-order valence-electron chi connectivity index (χ2n) is 8.28. The number of imide groups is 1. The molecule has 2 N–H and O–H groups in total. The van der Waals surface area contributed by atoms with Gasteiger partial charge >= 0.3 is 0 Å². The van der Waals surface area contributed by atoms with Gasteiger partial charge in [-0.3, -0.25) is 24.4 Å². The zero-order chi connectivity index (χ0) is 21.6. The van der Waals surface area contributed by atoms with Crippen LogP contribution in [0.25, 0.3) is 0 Å². The maximum atomic E-state index is 12.4. The Balaban J connectivity index is 1.36. The number of nitrogens with zero attached hydrogens (tertiary/aromatic N) is 3. The number of carbonyl (C=O) groups excluding carboxylic acids is 2. The summed E-state index contributed by atoms with van der Waals surface area (Å²) in [4.78, 5) is 32.8. The average Bonchev–Trinajstić information content (AvgIpc) is 3.01. The number of rotatable bonds is 8. The van der Waals surface area contributed by atoms with Crippen molar-refractivity contribution in [1.82, 2.24) is 20.4 Å². The Morgan fingerprint density at radius 3 is 2.30 bits per heavy atom. The van der Waals surface area contributed by atoms with E-state index in [9.17, 15) is 9.59 Å². The third kappa shape index (κ3) is 5.17. The molecule has 0 aliphatic carbocycles. The second-order valence-corrected chi connectivity index (χ2v) is 8.28. The Labute approximate surface area is 178 Å². The molecule has 2 heterocycles. The van der Waals surface area contributed by atoms with E-state index in [2.05, 4.69) is 34.4 Å². The van der Waals surface area contributed by atoms with E-state index in [-0.39, 0.29) is 17.4 Å². The van der Waals surface area contributed by atoms with Crippen molar-refractivity contribution in [3.05, 3.63) is 35.4 Å². The molecule has 0 radical (unpaired) electrons. The van der Waals surface area contributed by atoms with Crippen LogP contribution in [0.4, 0.5) is 0 Å². The number of morpholine rings is 1. The first kappa shape index (κ1) is 22.2. The van der Waals surface area contributed by atoms with E-state index < -0.39 is 0 Å². The lowest BCUT2D eigenvalue weighted by Gasteiger charge is -2.41. The fourth-order valence-electron chi connectivity index (χ4n) is 3.85. The second kappa shape index (κ2) is 10.0. The van der Waals surface area contributed by atoms with Crippen LogP contribution in [0, 0.1) is 0 Å². The van der Waals surface area contributed by atoms with Crippen molar-refractivity contribution < 1.29 is 14.3 Å². The molecule has 164 valence electrons. The van der Waals surface area contributed by atoms with Gasteiger partial charge in [0.25, 0.3) is 11.8 Å². The number of aliphatic imine (C=N–C) groups is 1. The highest BCUT2D eigenvalue weighted by molar-refractivity contribution is 6.21. The van der Waals surface area contributed by atoms with E-state index in [4.69, 9.17) is 4.74 Å². The SMILES string of the molecule is CN=C(NCCCCN1C(=O)c2ccccc2C1=O)NCC(C)(C)N1CCOCC1. The van der Waals surface area contributed by atoms with Crippen LogP contribution in [0.5, 0.6) is 0 Å². The van der Waals surface area contributed by atoms with E-state index in [1.54, 1.807) is 31.3 Å². The van der Waals surface area contributed by atoms with Gasteiger partial charge in [0.1, 0.15) is 0 Å². The third-order valence-corrected chi connectivity index (χ3v) is 5.76. The summed E-state index contributed by atoms with van der Waals surface area (Å²) < 4.78 is 5.44. The monoisotopic (exact) mass is 415 g/mol. The number of unbranched alkanes of at least 4 members (excludes halogenated alkanes) is 1. The van der Waals surface area contributed by atoms with E-state index in [0.717, 1.165) is 58.2 Å². The normalized spacial score (nSPS) is 18.0. The number of fused-ring (bicyclic) bond motifs is 1. The highest BCUT2D eigenvalue weighted by atomic mass is 16.5. The lowest BCUT2D eigenvalue weighted by atomic mass is 10.0. The topological polar surface area (TPSA) is 86.3 Å². The predicted octanol–water partition coefficient (Wildman–Crippen LogP) is 1.34. The minimum atomic E-state index is -0.189. The molecule has 1 aromatic rings. The molecular weight excluding hydrogens is 382 g/mol. The number of hydrogen-bond acceptors (Lipinski definition) is 5. The summed E-state index contributed by atoms with van der Waals surface area (Å²) in [6.45, 7) is 9.83. The molecule has 1 saturated heterocycles. The van der Waals surface area contributed by atoms with E-state index >= 15 is 0 Å². The standard InChI is InChI=1S/C22H33N5O3/c1-22(2,26-12-14-30-15-13-26)16-25-21(23-3)24-10-6-7-11-27-19(28)17-8-4-5-9-18(17)20(27)29/h4-5,8-9H,6-7,10-16H2,1-3H3,(H2,23,24,25). The van der Waals surface area contributed by atoms with Crippen LogP contribution in [-0.2, 0) is 4.74 Å². The van der Waals surface area contributed by atoms with Gasteiger partial charge in [0, 0.05) is 45.3 Å². The fraction of sp³-hybridized carbons (Fsp3) is 0.591. The highest BCUT2D eigenvalue weighted by Gasteiger charge is 2.34. The molecule has 0 unspecified atom stereocenters. The highest BCUT2D eigenvalue weighted by Crippen LogP contribution is 2.22. The number of amides is 2. The van der Waals surface area contributed by atoms with Crippen molar-refractivity contribution in [1.29, 1.82) is 0 Å². The number of benzene rings is 1. The lowest BCUT2D eigenvalue weighted by molar-refractivity contribution is -0.00833. The van der Waals surface area contributed by atoms with Crippen molar-refractivity contribution in [2.24, 2.45) is 4.99 Å². The van der Waals surface area contributed by atoms with Crippen LogP contribution in [0.2, 0.25) is 0 Å². The quantitative estimate of drug-likeness (QED) is 0.288. The van der Waals surface area contributed by atoms with Gasteiger partial charge in [-0.15, -0.1) is 0 Å². The molecule has 0 bridgehead atoms. The summed E-state index contributed by atoms with van der Waals surface area (Å²) in [5, 5.41) is 6.72. The van der Waals surface area contributed by atoms with Crippen molar-refractivity contribution in [3.63, 3.8) is 0 Å². The van der Waals surface area contributed by atoms with Gasteiger partial charge in [0.2, 0.25) is 0 Å². The summed E-state index contributed by atoms with van der Waals surface area (Å²) in [6.07, 6.45) is 1.58. The number of nitrogens with one attached hydrogen (secondary N) is 2. The van der Waals surface area contributed by atoms with E-state index in [1.165, 1.54) is 4.90 Å². The number of ether oxygens (including phenoxy) is 1. The first-order valence-corrected chi connectivity index (χ1v) is 10.7. The van der Waals surface area contributed by atoms with Crippen LogP contribution < -0.4 is 10.6 Å². The van der Waals surface area contributed by atoms with Crippen LogP contribution in [0.3, 0.4) is 0 Å². The van der Waals surface area contributed by atoms with Crippen molar-refractivity contribution in [2.75, 3.05) is 53.0 Å². The Morgan fingerprint density at radius 1 is 1.07 bits per heavy atom. The molecule has 0 spiro atoms. The molecular formula is C22H33N5O3. The van der Waals surface area contributed by atoms with Crippen molar-refractivity contribution >= 4 is 17.8 Å². The van der Waals surface area contributed by atoms with Crippen molar-refractivity contribution in [3.8, 4) is 0 Å². The Morgan fingerprint density at radius 2 is 1.70 bits per heavy atom. The minimum absolute atomic E-state index is 0.00683. The average molecular weight is 416 g/mol. The number of hydrogen-bond donors (Lipinski definition) is 2. The lowest BCUT2D eigenvalue weighted by Crippen LogP contribution is -2.56. The molecule has 0 aromatic heterocycles. The maximum absolute atomic E-state index is 12.4. The maximum Gasteiger partial charge on any atom is 0.261 e. The predicted molar refractivity (Wildman–Crippen MR) is 117 cm³/mol. The Kier molecular flexibility index (Phi) is 7.44. The molecule has 8 nitrogen and oxygen atoms in total. The van der Waals surface area contributed by atoms with Crippen LogP contribution in [-0.4, -0.2) is 86.1 Å². The molecule has 1 fully saturated rings. The van der Waals surface area contributed by atoms with Gasteiger partial charge in [-0.25, -0.2) is 0 Å². The largest absolute Gasteiger partial charge is 0.379 e. The van der Waals surface area contributed by atoms with Gasteiger partial charge in [0.05, 0.1) is 24.3 Å². The molecule has 0 atom stereocenters. The van der Waals surface area contributed by atoms with E-state index in [1.807, 2.05) is 0 Å². The minimum Gasteiger partial charge on any atom is -0.379 e. The summed E-state index contributed by atoms with van der Waals surface area (Å²) in [5.74, 6) is 0.384.